The summed E-state index contributed by atoms with van der Waals surface area (Å²) in [4.78, 5) is 26.5. The summed E-state index contributed by atoms with van der Waals surface area (Å²) in [5.41, 5.74) is -0.213. The Labute approximate surface area is 107 Å². The maximum atomic E-state index is 11.1. The molecule has 1 aliphatic heterocycles. The number of carboxylic acids is 1. The molecule has 0 bridgehead atoms. The summed E-state index contributed by atoms with van der Waals surface area (Å²) in [6, 6.07) is 0.512. The van der Waals surface area contributed by atoms with Gasteiger partial charge in [0.05, 0.1) is 9.95 Å². The van der Waals surface area contributed by atoms with Crippen LogP contribution in [0.15, 0.2) is 12.3 Å². The van der Waals surface area contributed by atoms with Crippen LogP contribution in [0.4, 0.5) is 11.5 Å². The standard InChI is InChI=1S/C10H10ClN3O4/c11-7-4-6(14(17)18)5-12-9(7)13-3-1-2-8(13)10(15)16/h4-5,8H,1-3H2,(H,15,16)/t8-/m0/s1. The highest BCUT2D eigenvalue weighted by Crippen LogP contribution is 2.32. The van der Waals surface area contributed by atoms with Gasteiger partial charge < -0.3 is 10.0 Å². The van der Waals surface area contributed by atoms with E-state index in [0.717, 1.165) is 12.6 Å². The normalized spacial score (nSPS) is 18.9. The molecule has 18 heavy (non-hydrogen) atoms. The van der Waals surface area contributed by atoms with Crippen LogP contribution in [0.2, 0.25) is 5.02 Å². The molecule has 0 saturated carbocycles. The Hall–Kier alpha value is -1.89. The third kappa shape index (κ3) is 2.21. The minimum Gasteiger partial charge on any atom is -0.480 e. The van der Waals surface area contributed by atoms with Gasteiger partial charge in [0.15, 0.2) is 0 Å². The van der Waals surface area contributed by atoms with Gasteiger partial charge in [0.1, 0.15) is 18.1 Å². The van der Waals surface area contributed by atoms with Gasteiger partial charge in [0, 0.05) is 12.6 Å². The Kier molecular flexibility index (Phi) is 3.33. The lowest BCUT2D eigenvalue weighted by atomic mass is 10.2. The fourth-order valence-electron chi connectivity index (χ4n) is 2.01. The van der Waals surface area contributed by atoms with Crippen molar-refractivity contribution in [3.8, 4) is 0 Å². The number of halogens is 1. The first-order valence-corrected chi connectivity index (χ1v) is 5.68. The quantitative estimate of drug-likeness (QED) is 0.664. The predicted octanol–water partition coefficient (Wildman–Crippen LogP) is 1.70. The van der Waals surface area contributed by atoms with Gasteiger partial charge in [-0.2, -0.15) is 0 Å². The van der Waals surface area contributed by atoms with Crippen molar-refractivity contribution in [3.05, 3.63) is 27.4 Å². The maximum Gasteiger partial charge on any atom is 0.326 e. The second kappa shape index (κ2) is 4.77. The second-order valence-corrected chi connectivity index (χ2v) is 4.35. The smallest absolute Gasteiger partial charge is 0.326 e. The van der Waals surface area contributed by atoms with Crippen molar-refractivity contribution in [2.24, 2.45) is 0 Å². The summed E-state index contributed by atoms with van der Waals surface area (Å²) < 4.78 is 0. The molecule has 0 unspecified atom stereocenters. The van der Waals surface area contributed by atoms with Gasteiger partial charge in [-0.3, -0.25) is 10.1 Å². The molecule has 1 N–H and O–H groups in total. The van der Waals surface area contributed by atoms with Crippen LogP contribution in [-0.2, 0) is 4.79 Å². The van der Waals surface area contributed by atoms with Crippen LogP contribution < -0.4 is 4.90 Å². The molecule has 1 aliphatic rings. The molecule has 96 valence electrons. The first-order chi connectivity index (χ1) is 8.50. The van der Waals surface area contributed by atoms with Crippen LogP contribution in [-0.4, -0.2) is 33.6 Å². The number of aliphatic carboxylic acids is 1. The van der Waals surface area contributed by atoms with Crippen molar-refractivity contribution < 1.29 is 14.8 Å². The zero-order chi connectivity index (χ0) is 13.3. The first kappa shape index (κ1) is 12.6. The van der Waals surface area contributed by atoms with Crippen LogP contribution in [0.5, 0.6) is 0 Å². The number of nitrogens with zero attached hydrogens (tertiary/aromatic N) is 3. The van der Waals surface area contributed by atoms with E-state index in [2.05, 4.69) is 4.98 Å². The van der Waals surface area contributed by atoms with E-state index in [4.69, 9.17) is 16.7 Å². The van der Waals surface area contributed by atoms with Crippen molar-refractivity contribution in [2.75, 3.05) is 11.4 Å². The monoisotopic (exact) mass is 271 g/mol. The van der Waals surface area contributed by atoms with E-state index in [0.29, 0.717) is 13.0 Å². The molecule has 1 atom stereocenters. The maximum absolute atomic E-state index is 11.1. The minimum absolute atomic E-state index is 0.0948. The lowest BCUT2D eigenvalue weighted by Crippen LogP contribution is -2.36. The Morgan fingerprint density at radius 3 is 2.94 bits per heavy atom. The molecule has 0 radical (unpaired) electrons. The molecule has 0 aromatic carbocycles. The van der Waals surface area contributed by atoms with Crippen LogP contribution in [0.3, 0.4) is 0 Å². The third-order valence-corrected chi connectivity index (χ3v) is 3.11. The van der Waals surface area contributed by atoms with Crippen LogP contribution >= 0.6 is 11.6 Å². The molecule has 1 fully saturated rings. The predicted molar refractivity (Wildman–Crippen MR) is 63.9 cm³/mol. The van der Waals surface area contributed by atoms with Gasteiger partial charge in [-0.1, -0.05) is 11.6 Å². The van der Waals surface area contributed by atoms with Gasteiger partial charge in [0.25, 0.3) is 5.69 Å². The number of aromatic nitrogens is 1. The van der Waals surface area contributed by atoms with E-state index in [1.165, 1.54) is 6.07 Å². The van der Waals surface area contributed by atoms with E-state index < -0.39 is 16.9 Å². The highest BCUT2D eigenvalue weighted by molar-refractivity contribution is 6.33. The fourth-order valence-corrected chi connectivity index (χ4v) is 2.28. The Morgan fingerprint density at radius 1 is 1.67 bits per heavy atom. The van der Waals surface area contributed by atoms with Gasteiger partial charge >= 0.3 is 5.97 Å². The Balaban J connectivity index is 2.33. The second-order valence-electron chi connectivity index (χ2n) is 3.95. The summed E-state index contributed by atoms with van der Waals surface area (Å²) in [5, 5.41) is 19.7. The molecule has 1 saturated heterocycles. The van der Waals surface area contributed by atoms with Gasteiger partial charge in [-0.05, 0) is 12.8 Å². The number of carboxylic acid groups (broad SMARTS) is 1. The summed E-state index contributed by atoms with van der Waals surface area (Å²) in [6.45, 7) is 0.529. The summed E-state index contributed by atoms with van der Waals surface area (Å²) >= 11 is 5.92. The van der Waals surface area contributed by atoms with E-state index in [1.807, 2.05) is 0 Å². The molecular weight excluding hydrogens is 262 g/mol. The van der Waals surface area contributed by atoms with E-state index in [9.17, 15) is 14.9 Å². The molecule has 0 amide bonds. The highest BCUT2D eigenvalue weighted by Gasteiger charge is 2.33. The summed E-state index contributed by atoms with van der Waals surface area (Å²) in [5.74, 6) is -0.657. The van der Waals surface area contributed by atoms with Crippen molar-refractivity contribution in [3.63, 3.8) is 0 Å². The average molecular weight is 272 g/mol. The minimum atomic E-state index is -0.941. The summed E-state index contributed by atoms with van der Waals surface area (Å²) in [6.07, 6.45) is 2.33. The molecule has 0 spiro atoms. The number of nitro groups is 1. The number of anilines is 1. The lowest BCUT2D eigenvalue weighted by molar-refractivity contribution is -0.385. The van der Waals surface area contributed by atoms with Crippen molar-refractivity contribution in [1.82, 2.24) is 4.98 Å². The average Bonchev–Trinajstić information content (AvgIpc) is 2.77. The van der Waals surface area contributed by atoms with Crippen molar-refractivity contribution in [1.29, 1.82) is 0 Å². The molecule has 2 heterocycles. The Morgan fingerprint density at radius 2 is 2.39 bits per heavy atom. The van der Waals surface area contributed by atoms with E-state index >= 15 is 0 Å². The van der Waals surface area contributed by atoms with Gasteiger partial charge in [-0.25, -0.2) is 9.78 Å². The van der Waals surface area contributed by atoms with Crippen LogP contribution in [0.25, 0.3) is 0 Å². The largest absolute Gasteiger partial charge is 0.480 e. The summed E-state index contributed by atoms with van der Waals surface area (Å²) in [7, 11) is 0. The molecule has 8 heteroatoms. The third-order valence-electron chi connectivity index (χ3n) is 2.83. The molecule has 7 nitrogen and oxygen atoms in total. The van der Waals surface area contributed by atoms with Crippen molar-refractivity contribution in [2.45, 2.75) is 18.9 Å². The van der Waals surface area contributed by atoms with Crippen LogP contribution in [0.1, 0.15) is 12.8 Å². The first-order valence-electron chi connectivity index (χ1n) is 5.30. The number of rotatable bonds is 3. The number of pyridine rings is 1. The van der Waals surface area contributed by atoms with Crippen molar-refractivity contribution >= 4 is 29.1 Å². The fraction of sp³-hybridized carbons (Fsp3) is 0.400. The molecule has 0 aliphatic carbocycles. The zero-order valence-corrected chi connectivity index (χ0v) is 10.0. The van der Waals surface area contributed by atoms with E-state index in [1.54, 1.807) is 4.90 Å². The topological polar surface area (TPSA) is 96.6 Å². The highest BCUT2D eigenvalue weighted by atomic mass is 35.5. The number of hydrogen-bond donors (Lipinski definition) is 1. The van der Waals surface area contributed by atoms with Gasteiger partial charge in [0.2, 0.25) is 0 Å². The van der Waals surface area contributed by atoms with Gasteiger partial charge in [-0.15, -0.1) is 0 Å². The van der Waals surface area contributed by atoms with Crippen LogP contribution in [0, 0.1) is 10.1 Å². The lowest BCUT2D eigenvalue weighted by Gasteiger charge is -2.22. The molecule has 1 aromatic heterocycles. The van der Waals surface area contributed by atoms with E-state index in [-0.39, 0.29) is 16.5 Å². The molecular formula is C10H10ClN3O4. The zero-order valence-electron chi connectivity index (χ0n) is 9.24. The molecule has 2 rings (SSSR count). The Bertz CT molecular complexity index is 508. The number of carbonyl (C=O) groups is 1. The number of hydrogen-bond acceptors (Lipinski definition) is 5. The SMILES string of the molecule is O=C(O)[C@@H]1CCCN1c1ncc([N+](=O)[O-])cc1Cl. The molecule has 1 aromatic rings.